The number of primary amides is 1. The molecule has 0 bridgehead atoms. The Morgan fingerprint density at radius 1 is 0.521 bits per heavy atom. The summed E-state index contributed by atoms with van der Waals surface area (Å²) in [7, 11) is 0. The molecule has 0 heterocycles. The normalized spacial score (nSPS) is 12.0. The van der Waals surface area contributed by atoms with E-state index in [1.165, 1.54) is 89.9 Å². The summed E-state index contributed by atoms with van der Waals surface area (Å²) in [6.45, 7) is 2.50. The van der Waals surface area contributed by atoms with E-state index in [1.807, 2.05) is 0 Å². The Labute approximate surface area is 289 Å². The number of carbonyl (C=O) groups is 4. The molecule has 13 N–H and O–H groups in total. The van der Waals surface area contributed by atoms with Crippen molar-refractivity contribution in [2.45, 2.75) is 160 Å². The van der Waals surface area contributed by atoms with Gasteiger partial charge in [-0.15, -0.1) is 0 Å². The lowest BCUT2D eigenvalue weighted by Gasteiger charge is -2.22. The van der Waals surface area contributed by atoms with Crippen LogP contribution in [0.3, 0.4) is 0 Å². The molecule has 14 heteroatoms. The number of aliphatic imine (C=N–C) groups is 2. The molecule has 0 aliphatic carbocycles. The molecule has 0 aliphatic rings. The fourth-order valence-electron chi connectivity index (χ4n) is 5.36. The molecular formula is C34H68N10O4. The molecule has 0 fully saturated rings. The molecule has 2 atom stereocenters. The van der Waals surface area contributed by atoms with Gasteiger partial charge < -0.3 is 44.6 Å². The van der Waals surface area contributed by atoms with Crippen LogP contribution in [0.5, 0.6) is 0 Å². The molecule has 0 aliphatic heterocycles. The molecule has 0 saturated carbocycles. The van der Waals surface area contributed by atoms with Crippen molar-refractivity contribution in [1.29, 1.82) is 0 Å². The first-order chi connectivity index (χ1) is 23.1. The Hall–Kier alpha value is -3.58. The highest BCUT2D eigenvalue weighted by Crippen LogP contribution is 2.14. The molecule has 0 aromatic carbocycles. The predicted molar refractivity (Wildman–Crippen MR) is 195 cm³/mol. The van der Waals surface area contributed by atoms with Crippen LogP contribution in [0.2, 0.25) is 0 Å². The van der Waals surface area contributed by atoms with Crippen LogP contribution in [0.25, 0.3) is 0 Å². The molecule has 0 unspecified atom stereocenters. The summed E-state index contributed by atoms with van der Waals surface area (Å²) in [4.78, 5) is 57.6. The number of nitrogens with two attached hydrogens (primary N) is 5. The lowest BCUT2D eigenvalue weighted by Crippen LogP contribution is -2.54. The number of nitrogens with one attached hydrogen (secondary N) is 3. The number of carbonyl (C=O) groups excluding carboxylic acids is 4. The molecule has 0 radical (unpaired) electrons. The predicted octanol–water partition coefficient (Wildman–Crippen LogP) is 2.71. The highest BCUT2D eigenvalue weighted by Gasteiger charge is 2.25. The average molecular weight is 681 g/mol. The van der Waals surface area contributed by atoms with E-state index < -0.39 is 29.8 Å². The van der Waals surface area contributed by atoms with E-state index in [2.05, 4.69) is 32.9 Å². The third-order valence-electron chi connectivity index (χ3n) is 8.16. The minimum absolute atomic E-state index is 0.0782. The van der Waals surface area contributed by atoms with Gasteiger partial charge >= 0.3 is 0 Å². The van der Waals surface area contributed by atoms with Crippen molar-refractivity contribution in [2.24, 2.45) is 38.7 Å². The van der Waals surface area contributed by atoms with Gasteiger partial charge in [-0.05, 0) is 32.1 Å². The number of amides is 4. The van der Waals surface area contributed by atoms with E-state index in [-0.39, 0.29) is 50.3 Å². The average Bonchev–Trinajstić information content (AvgIpc) is 3.03. The largest absolute Gasteiger partial charge is 0.370 e. The topological polar surface area (TPSA) is 259 Å². The zero-order valence-corrected chi connectivity index (χ0v) is 29.7. The highest BCUT2D eigenvalue weighted by atomic mass is 16.2. The number of hydrogen-bond donors (Lipinski definition) is 8. The van der Waals surface area contributed by atoms with E-state index in [0.29, 0.717) is 19.3 Å². The van der Waals surface area contributed by atoms with E-state index in [4.69, 9.17) is 28.7 Å². The quantitative estimate of drug-likeness (QED) is 0.0297. The maximum atomic E-state index is 13.0. The SMILES string of the molecule is CCCCCCCCCCCCCCCCCCCC(=O)NCC(=O)N[C@@H](CCCN=C(N)N)C(=O)N[C@@H](CCCN=C(N)N)C(N)=O. The summed E-state index contributed by atoms with van der Waals surface area (Å²) < 4.78 is 0. The van der Waals surface area contributed by atoms with E-state index in [9.17, 15) is 19.2 Å². The van der Waals surface area contributed by atoms with Crippen molar-refractivity contribution in [3.05, 3.63) is 0 Å². The minimum atomic E-state index is -0.992. The van der Waals surface area contributed by atoms with E-state index in [0.717, 1.165) is 19.3 Å². The minimum Gasteiger partial charge on any atom is -0.370 e. The van der Waals surface area contributed by atoms with Crippen molar-refractivity contribution >= 4 is 35.5 Å². The standard InChI is InChI=1S/C34H68N10O4/c1-2-3-4-5-6-7-8-9-10-11-12-13-14-15-16-17-18-23-29(45)42-26-30(46)43-28(22-20-25-41-34(38)39)32(48)44-27(31(35)47)21-19-24-40-33(36)37/h27-28H,2-26H2,1H3,(H2,35,47)(H,42,45)(H,43,46)(H,44,48)(H4,36,37,40)(H4,38,39,41)/t27-,28-/m0/s1. The van der Waals surface area contributed by atoms with Gasteiger partial charge in [-0.2, -0.15) is 0 Å². The first kappa shape index (κ1) is 44.4. The number of rotatable bonds is 32. The number of hydrogen-bond acceptors (Lipinski definition) is 6. The van der Waals surface area contributed by atoms with Crippen molar-refractivity contribution in [3.63, 3.8) is 0 Å². The van der Waals surface area contributed by atoms with Crippen molar-refractivity contribution < 1.29 is 19.2 Å². The third kappa shape index (κ3) is 28.6. The molecule has 0 aromatic rings. The Morgan fingerprint density at radius 2 is 0.938 bits per heavy atom. The van der Waals surface area contributed by atoms with Gasteiger partial charge in [-0.1, -0.05) is 110 Å². The lowest BCUT2D eigenvalue weighted by atomic mass is 10.0. The molecule has 4 amide bonds. The summed E-state index contributed by atoms with van der Waals surface area (Å²) in [5.41, 5.74) is 26.8. The second-order valence-corrected chi connectivity index (χ2v) is 12.7. The van der Waals surface area contributed by atoms with Gasteiger partial charge in [0.15, 0.2) is 11.9 Å². The van der Waals surface area contributed by atoms with Crippen LogP contribution in [0.15, 0.2) is 9.98 Å². The van der Waals surface area contributed by atoms with Crippen LogP contribution in [0.1, 0.15) is 148 Å². The fraction of sp³-hybridized carbons (Fsp3) is 0.824. The van der Waals surface area contributed by atoms with Crippen LogP contribution >= 0.6 is 0 Å². The molecule has 48 heavy (non-hydrogen) atoms. The molecule has 0 aromatic heterocycles. The highest BCUT2D eigenvalue weighted by molar-refractivity contribution is 5.92. The fourth-order valence-corrected chi connectivity index (χ4v) is 5.36. The summed E-state index contributed by atoms with van der Waals surface area (Å²) in [5, 5.41) is 7.84. The number of nitrogens with zero attached hydrogens (tertiary/aromatic N) is 2. The maximum Gasteiger partial charge on any atom is 0.243 e. The summed E-state index contributed by atoms with van der Waals surface area (Å²) >= 11 is 0. The van der Waals surface area contributed by atoms with Gasteiger partial charge in [0.05, 0.1) is 6.54 Å². The summed E-state index contributed by atoms with van der Waals surface area (Å²) in [5.74, 6) is -2.23. The Balaban J connectivity index is 4.28. The van der Waals surface area contributed by atoms with Crippen molar-refractivity contribution in [3.8, 4) is 0 Å². The summed E-state index contributed by atoms with van der Waals surface area (Å²) in [6, 6.07) is -1.97. The monoisotopic (exact) mass is 681 g/mol. The molecule has 14 nitrogen and oxygen atoms in total. The van der Waals surface area contributed by atoms with Gasteiger partial charge in [0.2, 0.25) is 23.6 Å². The van der Waals surface area contributed by atoms with Crippen LogP contribution in [-0.2, 0) is 19.2 Å². The Kier molecular flexibility index (Phi) is 28.4. The smallest absolute Gasteiger partial charge is 0.243 e. The second-order valence-electron chi connectivity index (χ2n) is 12.7. The van der Waals surface area contributed by atoms with Gasteiger partial charge in [0.1, 0.15) is 12.1 Å². The second kappa shape index (κ2) is 30.7. The molecule has 278 valence electrons. The van der Waals surface area contributed by atoms with Gasteiger partial charge in [-0.3, -0.25) is 29.2 Å². The maximum absolute atomic E-state index is 13.0. The van der Waals surface area contributed by atoms with Gasteiger partial charge in [0.25, 0.3) is 0 Å². The van der Waals surface area contributed by atoms with E-state index >= 15 is 0 Å². The van der Waals surface area contributed by atoms with Crippen LogP contribution in [-0.4, -0.2) is 67.3 Å². The Bertz CT molecular complexity index is 937. The van der Waals surface area contributed by atoms with Crippen LogP contribution in [0, 0.1) is 0 Å². The first-order valence-electron chi connectivity index (χ1n) is 18.3. The van der Waals surface area contributed by atoms with Crippen LogP contribution < -0.4 is 44.6 Å². The van der Waals surface area contributed by atoms with Crippen molar-refractivity contribution in [1.82, 2.24) is 16.0 Å². The van der Waals surface area contributed by atoms with Gasteiger partial charge in [0, 0.05) is 19.5 Å². The third-order valence-corrected chi connectivity index (χ3v) is 8.16. The number of unbranched alkanes of at least 4 members (excludes halogenated alkanes) is 16. The lowest BCUT2D eigenvalue weighted by molar-refractivity contribution is -0.132. The number of guanidine groups is 2. The molecule has 0 spiro atoms. The van der Waals surface area contributed by atoms with Gasteiger partial charge in [-0.25, -0.2) is 0 Å². The molecule has 0 rings (SSSR count). The van der Waals surface area contributed by atoms with Crippen molar-refractivity contribution in [2.75, 3.05) is 19.6 Å². The van der Waals surface area contributed by atoms with E-state index in [1.54, 1.807) is 0 Å². The van der Waals surface area contributed by atoms with Crippen LogP contribution in [0.4, 0.5) is 0 Å². The molecule has 0 saturated heterocycles. The zero-order valence-electron chi connectivity index (χ0n) is 29.7. The Morgan fingerprint density at radius 3 is 1.35 bits per heavy atom. The zero-order chi connectivity index (χ0) is 35.8. The molecular weight excluding hydrogens is 612 g/mol. The first-order valence-corrected chi connectivity index (χ1v) is 18.3. The summed E-state index contributed by atoms with van der Waals surface area (Å²) in [6.07, 6.45) is 23.1.